The topological polar surface area (TPSA) is 40.5 Å². The third-order valence-electron chi connectivity index (χ3n) is 2.25. The largest absolute Gasteiger partial charge is 0.392 e. The molecule has 0 rings (SSSR count). The van der Waals surface area contributed by atoms with Gasteiger partial charge in [0.2, 0.25) is 5.91 Å². The molecule has 13 heavy (non-hydrogen) atoms. The van der Waals surface area contributed by atoms with Crippen molar-refractivity contribution in [2.75, 3.05) is 13.6 Å². The number of hydrogen-bond donors (Lipinski definition) is 1. The Hall–Kier alpha value is -0.570. The lowest BCUT2D eigenvalue weighted by atomic mass is 10.0. The second-order valence-corrected chi connectivity index (χ2v) is 3.58. The van der Waals surface area contributed by atoms with Crippen LogP contribution in [0.3, 0.4) is 0 Å². The van der Waals surface area contributed by atoms with E-state index in [-0.39, 0.29) is 11.8 Å². The summed E-state index contributed by atoms with van der Waals surface area (Å²) < 4.78 is 0. The highest BCUT2D eigenvalue weighted by Gasteiger charge is 2.18. The average Bonchev–Trinajstić information content (AvgIpc) is 2.05. The molecule has 3 heteroatoms. The van der Waals surface area contributed by atoms with Gasteiger partial charge in [-0.2, -0.15) is 0 Å². The van der Waals surface area contributed by atoms with Gasteiger partial charge >= 0.3 is 0 Å². The monoisotopic (exact) mass is 187 g/mol. The predicted molar refractivity (Wildman–Crippen MR) is 53.4 cm³/mol. The number of aliphatic hydroxyl groups excluding tert-OH is 1. The van der Waals surface area contributed by atoms with E-state index in [2.05, 4.69) is 0 Å². The Balaban J connectivity index is 4.07. The Morgan fingerprint density at radius 3 is 2.15 bits per heavy atom. The molecule has 0 saturated heterocycles. The van der Waals surface area contributed by atoms with Crippen molar-refractivity contribution in [2.24, 2.45) is 5.92 Å². The summed E-state index contributed by atoms with van der Waals surface area (Å²) in [6.45, 7) is 6.15. The summed E-state index contributed by atoms with van der Waals surface area (Å²) in [6, 6.07) is 0. The third kappa shape index (κ3) is 4.27. The van der Waals surface area contributed by atoms with E-state index in [4.69, 9.17) is 5.11 Å². The fourth-order valence-electron chi connectivity index (χ4n) is 1.44. The molecule has 0 aromatic carbocycles. The summed E-state index contributed by atoms with van der Waals surface area (Å²) in [4.78, 5) is 13.3. The Morgan fingerprint density at radius 2 is 1.85 bits per heavy atom. The molecule has 0 aliphatic carbocycles. The minimum atomic E-state index is -0.441. The molecule has 0 fully saturated rings. The molecule has 1 amide bonds. The quantitative estimate of drug-likeness (QED) is 0.704. The smallest absolute Gasteiger partial charge is 0.225 e. The standard InChI is InChI=1S/C10H21NO2/c1-5-9(6-2)10(13)11(4)7-8(3)12/h8-9,12H,5-7H2,1-4H3. The molecule has 0 radical (unpaired) electrons. The highest BCUT2D eigenvalue weighted by Crippen LogP contribution is 2.10. The fourth-order valence-corrected chi connectivity index (χ4v) is 1.44. The minimum Gasteiger partial charge on any atom is -0.392 e. The number of amides is 1. The summed E-state index contributed by atoms with van der Waals surface area (Å²) in [5.41, 5.74) is 0. The lowest BCUT2D eigenvalue weighted by Crippen LogP contribution is -2.37. The van der Waals surface area contributed by atoms with E-state index in [1.807, 2.05) is 13.8 Å². The van der Waals surface area contributed by atoms with Crippen molar-refractivity contribution >= 4 is 5.91 Å². The molecule has 0 saturated carbocycles. The van der Waals surface area contributed by atoms with E-state index in [0.29, 0.717) is 6.54 Å². The molecule has 0 aromatic heterocycles. The number of rotatable bonds is 5. The van der Waals surface area contributed by atoms with Gasteiger partial charge in [-0.15, -0.1) is 0 Å². The number of carbonyl (C=O) groups is 1. The fraction of sp³-hybridized carbons (Fsp3) is 0.900. The Labute approximate surface area is 80.7 Å². The summed E-state index contributed by atoms with van der Waals surface area (Å²) in [6.07, 6.45) is 1.31. The highest BCUT2D eigenvalue weighted by atomic mass is 16.3. The van der Waals surface area contributed by atoms with Gasteiger partial charge in [-0.1, -0.05) is 13.8 Å². The molecular weight excluding hydrogens is 166 g/mol. The zero-order valence-electron chi connectivity index (χ0n) is 9.08. The predicted octanol–water partition coefficient (Wildman–Crippen LogP) is 1.26. The van der Waals surface area contributed by atoms with Crippen molar-refractivity contribution in [3.05, 3.63) is 0 Å². The van der Waals surface area contributed by atoms with Gasteiger partial charge < -0.3 is 10.0 Å². The second kappa shape index (κ2) is 5.97. The normalized spacial score (nSPS) is 13.1. The van der Waals surface area contributed by atoms with Crippen molar-refractivity contribution in [1.82, 2.24) is 4.90 Å². The first-order valence-electron chi connectivity index (χ1n) is 4.95. The molecular formula is C10H21NO2. The summed E-state index contributed by atoms with van der Waals surface area (Å²) >= 11 is 0. The van der Waals surface area contributed by atoms with Crippen LogP contribution in [-0.2, 0) is 4.79 Å². The van der Waals surface area contributed by atoms with Gasteiger partial charge in [0, 0.05) is 19.5 Å². The van der Waals surface area contributed by atoms with E-state index in [0.717, 1.165) is 12.8 Å². The van der Waals surface area contributed by atoms with E-state index in [9.17, 15) is 4.79 Å². The molecule has 1 atom stereocenters. The van der Waals surface area contributed by atoms with Crippen molar-refractivity contribution < 1.29 is 9.90 Å². The molecule has 0 aromatic rings. The van der Waals surface area contributed by atoms with Crippen LogP contribution in [0.4, 0.5) is 0 Å². The minimum absolute atomic E-state index is 0.115. The van der Waals surface area contributed by atoms with Gasteiger partial charge in [0.15, 0.2) is 0 Å². The van der Waals surface area contributed by atoms with Crippen LogP contribution in [0.15, 0.2) is 0 Å². The Morgan fingerprint density at radius 1 is 1.38 bits per heavy atom. The first kappa shape index (κ1) is 12.4. The van der Waals surface area contributed by atoms with Crippen LogP contribution < -0.4 is 0 Å². The highest BCUT2D eigenvalue weighted by molar-refractivity contribution is 5.78. The lowest BCUT2D eigenvalue weighted by Gasteiger charge is -2.23. The van der Waals surface area contributed by atoms with E-state index < -0.39 is 6.10 Å². The molecule has 0 bridgehead atoms. The summed E-state index contributed by atoms with van der Waals surface area (Å²) in [5.74, 6) is 0.259. The molecule has 0 aliphatic rings. The van der Waals surface area contributed by atoms with Gasteiger partial charge in [0.1, 0.15) is 0 Å². The van der Waals surface area contributed by atoms with Crippen molar-refractivity contribution in [2.45, 2.75) is 39.7 Å². The number of nitrogens with zero attached hydrogens (tertiary/aromatic N) is 1. The molecule has 3 nitrogen and oxygen atoms in total. The second-order valence-electron chi connectivity index (χ2n) is 3.58. The number of hydrogen-bond acceptors (Lipinski definition) is 2. The summed E-state index contributed by atoms with van der Waals surface area (Å²) in [5, 5.41) is 9.10. The van der Waals surface area contributed by atoms with Crippen LogP contribution in [0.1, 0.15) is 33.6 Å². The van der Waals surface area contributed by atoms with Crippen molar-refractivity contribution in [1.29, 1.82) is 0 Å². The van der Waals surface area contributed by atoms with Crippen LogP contribution in [0.2, 0.25) is 0 Å². The van der Waals surface area contributed by atoms with Crippen LogP contribution in [0, 0.1) is 5.92 Å². The number of likely N-dealkylation sites (N-methyl/N-ethyl adjacent to an activating group) is 1. The van der Waals surface area contributed by atoms with Gasteiger partial charge in [-0.3, -0.25) is 4.79 Å². The van der Waals surface area contributed by atoms with Crippen LogP contribution in [-0.4, -0.2) is 35.6 Å². The molecule has 1 N–H and O–H groups in total. The van der Waals surface area contributed by atoms with Crippen LogP contribution in [0.5, 0.6) is 0 Å². The number of aliphatic hydroxyl groups is 1. The maximum atomic E-state index is 11.7. The Kier molecular flexibility index (Phi) is 5.71. The molecule has 0 heterocycles. The maximum absolute atomic E-state index is 11.7. The van der Waals surface area contributed by atoms with Gasteiger partial charge in [0.25, 0.3) is 0 Å². The third-order valence-corrected chi connectivity index (χ3v) is 2.25. The van der Waals surface area contributed by atoms with Crippen LogP contribution in [0.25, 0.3) is 0 Å². The SMILES string of the molecule is CCC(CC)C(=O)N(C)CC(C)O. The molecule has 0 aliphatic heterocycles. The maximum Gasteiger partial charge on any atom is 0.225 e. The number of carbonyl (C=O) groups excluding carboxylic acids is 1. The summed E-state index contributed by atoms with van der Waals surface area (Å²) in [7, 11) is 1.74. The molecule has 0 spiro atoms. The lowest BCUT2D eigenvalue weighted by molar-refractivity contribution is -0.135. The zero-order valence-corrected chi connectivity index (χ0v) is 9.08. The first-order valence-corrected chi connectivity index (χ1v) is 4.95. The van der Waals surface area contributed by atoms with Gasteiger partial charge in [-0.25, -0.2) is 0 Å². The average molecular weight is 187 g/mol. The Bertz CT molecular complexity index is 153. The van der Waals surface area contributed by atoms with E-state index in [1.54, 1.807) is 18.9 Å². The molecule has 1 unspecified atom stereocenters. The van der Waals surface area contributed by atoms with Crippen LogP contribution >= 0.6 is 0 Å². The zero-order chi connectivity index (χ0) is 10.4. The van der Waals surface area contributed by atoms with Crippen molar-refractivity contribution in [3.63, 3.8) is 0 Å². The molecule has 78 valence electrons. The first-order chi connectivity index (χ1) is 6.02. The van der Waals surface area contributed by atoms with E-state index >= 15 is 0 Å². The van der Waals surface area contributed by atoms with Crippen molar-refractivity contribution in [3.8, 4) is 0 Å². The van der Waals surface area contributed by atoms with Gasteiger partial charge in [0.05, 0.1) is 6.10 Å². The van der Waals surface area contributed by atoms with E-state index in [1.165, 1.54) is 0 Å². The van der Waals surface area contributed by atoms with Gasteiger partial charge in [-0.05, 0) is 19.8 Å².